The molecule has 2 rings (SSSR count). The third-order valence-corrected chi connectivity index (χ3v) is 2.01. The van der Waals surface area contributed by atoms with Crippen LogP contribution >= 0.6 is 0 Å². The first kappa shape index (κ1) is 10.9. The van der Waals surface area contributed by atoms with Gasteiger partial charge >= 0.3 is 0 Å². The molecule has 1 aliphatic rings. The van der Waals surface area contributed by atoms with E-state index >= 15 is 0 Å². The molecule has 1 aromatic carbocycles. The van der Waals surface area contributed by atoms with Crippen molar-refractivity contribution in [2.45, 2.75) is 27.2 Å². The average molecular weight is 194 g/mol. The summed E-state index contributed by atoms with van der Waals surface area (Å²) in [6.07, 6.45) is 1.04. The first-order valence-corrected chi connectivity index (χ1v) is 5.28. The quantitative estimate of drug-likeness (QED) is 0.684. The second kappa shape index (κ2) is 5.53. The Kier molecular flexibility index (Phi) is 4.30. The molecule has 0 bridgehead atoms. The van der Waals surface area contributed by atoms with Crippen molar-refractivity contribution >= 4 is 0 Å². The standard InChI is InChI=1S/C10H12O2.C2H6/c1-2-8-3-4-9-10(7-8)12-6-5-11-9;1-2/h3-4,7H,2,5-6H2,1H3;1-2H3. The van der Waals surface area contributed by atoms with Gasteiger partial charge in [-0.3, -0.25) is 0 Å². The molecular weight excluding hydrogens is 176 g/mol. The number of ether oxygens (including phenoxy) is 2. The topological polar surface area (TPSA) is 18.5 Å². The fourth-order valence-electron chi connectivity index (χ4n) is 1.31. The highest BCUT2D eigenvalue weighted by Crippen LogP contribution is 2.30. The molecule has 0 N–H and O–H groups in total. The molecule has 1 aliphatic heterocycles. The van der Waals surface area contributed by atoms with Crippen molar-refractivity contribution in [2.75, 3.05) is 13.2 Å². The smallest absolute Gasteiger partial charge is 0.161 e. The van der Waals surface area contributed by atoms with Crippen LogP contribution in [-0.4, -0.2) is 13.2 Å². The predicted molar refractivity (Wildman–Crippen MR) is 58.2 cm³/mol. The van der Waals surface area contributed by atoms with Crippen molar-refractivity contribution in [2.24, 2.45) is 0 Å². The van der Waals surface area contributed by atoms with Gasteiger partial charge in [-0.25, -0.2) is 0 Å². The van der Waals surface area contributed by atoms with E-state index in [2.05, 4.69) is 19.1 Å². The molecule has 1 aromatic rings. The Morgan fingerprint density at radius 1 is 1.07 bits per heavy atom. The number of aryl methyl sites for hydroxylation is 1. The first-order chi connectivity index (χ1) is 6.90. The molecule has 0 saturated carbocycles. The van der Waals surface area contributed by atoms with Crippen LogP contribution in [0.25, 0.3) is 0 Å². The van der Waals surface area contributed by atoms with Crippen LogP contribution in [0.1, 0.15) is 26.3 Å². The van der Waals surface area contributed by atoms with Crippen LogP contribution in [-0.2, 0) is 6.42 Å². The third kappa shape index (κ3) is 2.41. The number of hydrogen-bond donors (Lipinski definition) is 0. The molecule has 78 valence electrons. The molecule has 2 heteroatoms. The molecule has 0 unspecified atom stereocenters. The zero-order chi connectivity index (χ0) is 10.4. The summed E-state index contributed by atoms with van der Waals surface area (Å²) in [7, 11) is 0. The van der Waals surface area contributed by atoms with Gasteiger partial charge in [-0.2, -0.15) is 0 Å². The van der Waals surface area contributed by atoms with Crippen LogP contribution < -0.4 is 9.47 Å². The van der Waals surface area contributed by atoms with E-state index < -0.39 is 0 Å². The van der Waals surface area contributed by atoms with Crippen molar-refractivity contribution in [1.82, 2.24) is 0 Å². The zero-order valence-electron chi connectivity index (χ0n) is 9.17. The highest BCUT2D eigenvalue weighted by Gasteiger charge is 2.10. The maximum absolute atomic E-state index is 5.44. The molecule has 0 aromatic heterocycles. The summed E-state index contributed by atoms with van der Waals surface area (Å²) in [5.74, 6) is 1.76. The summed E-state index contributed by atoms with van der Waals surface area (Å²) in [5.41, 5.74) is 1.29. The fourth-order valence-corrected chi connectivity index (χ4v) is 1.31. The van der Waals surface area contributed by atoms with Crippen LogP contribution in [0.4, 0.5) is 0 Å². The molecule has 14 heavy (non-hydrogen) atoms. The van der Waals surface area contributed by atoms with Gasteiger partial charge in [0, 0.05) is 0 Å². The Balaban J connectivity index is 0.000000461. The lowest BCUT2D eigenvalue weighted by Gasteiger charge is -2.18. The Morgan fingerprint density at radius 3 is 2.36 bits per heavy atom. The van der Waals surface area contributed by atoms with Gasteiger partial charge in [0.25, 0.3) is 0 Å². The summed E-state index contributed by atoms with van der Waals surface area (Å²) in [6, 6.07) is 6.11. The van der Waals surface area contributed by atoms with E-state index in [1.54, 1.807) is 0 Å². The molecular formula is C12H18O2. The molecule has 0 aliphatic carbocycles. The van der Waals surface area contributed by atoms with Gasteiger partial charge in [0.05, 0.1) is 0 Å². The average Bonchev–Trinajstić information content (AvgIpc) is 2.31. The minimum atomic E-state index is 0.665. The van der Waals surface area contributed by atoms with Crippen LogP contribution in [0.3, 0.4) is 0 Å². The number of hydrogen-bond acceptors (Lipinski definition) is 2. The summed E-state index contributed by atoms with van der Waals surface area (Å²) in [6.45, 7) is 7.46. The van der Waals surface area contributed by atoms with Gasteiger partial charge < -0.3 is 9.47 Å². The van der Waals surface area contributed by atoms with Gasteiger partial charge in [-0.05, 0) is 24.1 Å². The summed E-state index contributed by atoms with van der Waals surface area (Å²) >= 11 is 0. The van der Waals surface area contributed by atoms with Crippen molar-refractivity contribution in [3.63, 3.8) is 0 Å². The molecule has 1 heterocycles. The highest BCUT2D eigenvalue weighted by molar-refractivity contribution is 5.43. The summed E-state index contributed by atoms with van der Waals surface area (Å²) < 4.78 is 10.8. The van der Waals surface area contributed by atoms with E-state index in [1.807, 2.05) is 19.9 Å². The van der Waals surface area contributed by atoms with E-state index in [1.165, 1.54) is 5.56 Å². The van der Waals surface area contributed by atoms with Crippen molar-refractivity contribution in [1.29, 1.82) is 0 Å². The zero-order valence-corrected chi connectivity index (χ0v) is 9.17. The first-order valence-electron chi connectivity index (χ1n) is 5.28. The van der Waals surface area contributed by atoms with Crippen LogP contribution in [0, 0.1) is 0 Å². The largest absolute Gasteiger partial charge is 0.486 e. The van der Waals surface area contributed by atoms with Gasteiger partial charge in [0.15, 0.2) is 11.5 Å². The fraction of sp³-hybridized carbons (Fsp3) is 0.500. The number of fused-ring (bicyclic) bond motifs is 1. The van der Waals surface area contributed by atoms with Gasteiger partial charge in [0.2, 0.25) is 0 Å². The SMILES string of the molecule is CC.CCc1ccc2c(c1)OCCO2. The minimum absolute atomic E-state index is 0.665. The Labute approximate surface area is 85.8 Å². The van der Waals surface area contributed by atoms with Crippen LogP contribution in [0.15, 0.2) is 18.2 Å². The third-order valence-electron chi connectivity index (χ3n) is 2.01. The minimum Gasteiger partial charge on any atom is -0.486 e. The maximum atomic E-state index is 5.44. The predicted octanol–water partition coefficient (Wildman–Crippen LogP) is 3.05. The maximum Gasteiger partial charge on any atom is 0.161 e. The summed E-state index contributed by atoms with van der Waals surface area (Å²) in [4.78, 5) is 0. The summed E-state index contributed by atoms with van der Waals surface area (Å²) in [5, 5.41) is 0. The normalized spacial score (nSPS) is 12.8. The molecule has 0 amide bonds. The van der Waals surface area contributed by atoms with Crippen molar-refractivity contribution < 1.29 is 9.47 Å². The van der Waals surface area contributed by atoms with E-state index in [0.29, 0.717) is 13.2 Å². The monoisotopic (exact) mass is 194 g/mol. The van der Waals surface area contributed by atoms with Crippen LogP contribution in [0.5, 0.6) is 11.5 Å². The second-order valence-electron chi connectivity index (χ2n) is 2.83. The molecule has 2 nitrogen and oxygen atoms in total. The number of benzene rings is 1. The second-order valence-corrected chi connectivity index (χ2v) is 2.83. The van der Waals surface area contributed by atoms with E-state index in [9.17, 15) is 0 Å². The molecule has 0 saturated heterocycles. The lowest BCUT2D eigenvalue weighted by molar-refractivity contribution is 0.171. The van der Waals surface area contributed by atoms with Gasteiger partial charge in [-0.15, -0.1) is 0 Å². The van der Waals surface area contributed by atoms with Crippen LogP contribution in [0.2, 0.25) is 0 Å². The van der Waals surface area contributed by atoms with Crippen molar-refractivity contribution in [3.05, 3.63) is 23.8 Å². The number of rotatable bonds is 1. The Hall–Kier alpha value is -1.18. The van der Waals surface area contributed by atoms with E-state index in [-0.39, 0.29) is 0 Å². The Morgan fingerprint density at radius 2 is 1.71 bits per heavy atom. The van der Waals surface area contributed by atoms with Gasteiger partial charge in [-0.1, -0.05) is 26.8 Å². The van der Waals surface area contributed by atoms with Gasteiger partial charge in [0.1, 0.15) is 13.2 Å². The lowest BCUT2D eigenvalue weighted by atomic mass is 10.1. The highest BCUT2D eigenvalue weighted by atomic mass is 16.6. The van der Waals surface area contributed by atoms with Crippen molar-refractivity contribution in [3.8, 4) is 11.5 Å². The van der Waals surface area contributed by atoms with E-state index in [0.717, 1.165) is 17.9 Å². The lowest BCUT2D eigenvalue weighted by Crippen LogP contribution is -2.15. The molecule has 0 atom stereocenters. The molecule has 0 radical (unpaired) electrons. The molecule has 0 fully saturated rings. The van der Waals surface area contributed by atoms with E-state index in [4.69, 9.17) is 9.47 Å². The molecule has 0 spiro atoms. The Bertz CT molecular complexity index is 282.